The standard InChI is InChI=1S/C15H24N2O2/c1-12-3-4-15(19-2)13(11-12)14(18)5-8-17-9-6-16-7-10-17/h3-4,11,14,16,18H,5-10H2,1-2H3. The van der Waals surface area contributed by atoms with Crippen LogP contribution in [0.4, 0.5) is 0 Å². The van der Waals surface area contributed by atoms with Gasteiger partial charge < -0.3 is 20.1 Å². The topological polar surface area (TPSA) is 44.7 Å². The molecule has 1 fully saturated rings. The maximum Gasteiger partial charge on any atom is 0.124 e. The molecule has 0 spiro atoms. The number of aliphatic hydroxyl groups is 1. The van der Waals surface area contributed by atoms with Gasteiger partial charge in [-0.25, -0.2) is 0 Å². The zero-order chi connectivity index (χ0) is 13.7. The number of rotatable bonds is 5. The molecule has 19 heavy (non-hydrogen) atoms. The van der Waals surface area contributed by atoms with Crippen molar-refractivity contribution in [1.82, 2.24) is 10.2 Å². The minimum Gasteiger partial charge on any atom is -0.496 e. The Bertz CT molecular complexity index is 403. The third kappa shape index (κ3) is 3.93. The summed E-state index contributed by atoms with van der Waals surface area (Å²) < 4.78 is 5.33. The molecule has 1 unspecified atom stereocenters. The molecule has 2 N–H and O–H groups in total. The van der Waals surface area contributed by atoms with E-state index in [1.54, 1.807) is 7.11 Å². The summed E-state index contributed by atoms with van der Waals surface area (Å²) in [4.78, 5) is 2.39. The van der Waals surface area contributed by atoms with Crippen LogP contribution in [0.2, 0.25) is 0 Å². The first-order valence-corrected chi connectivity index (χ1v) is 6.96. The van der Waals surface area contributed by atoms with Gasteiger partial charge in [-0.3, -0.25) is 0 Å². The summed E-state index contributed by atoms with van der Waals surface area (Å²) in [6, 6.07) is 5.95. The number of hydrogen-bond donors (Lipinski definition) is 2. The molecule has 1 aromatic carbocycles. The smallest absolute Gasteiger partial charge is 0.124 e. The van der Waals surface area contributed by atoms with Crippen LogP contribution < -0.4 is 10.1 Å². The lowest BCUT2D eigenvalue weighted by atomic mass is 10.0. The van der Waals surface area contributed by atoms with E-state index in [9.17, 15) is 5.11 Å². The minimum absolute atomic E-state index is 0.454. The number of methoxy groups -OCH3 is 1. The van der Waals surface area contributed by atoms with Gasteiger partial charge in [-0.15, -0.1) is 0 Å². The third-order valence-electron chi connectivity index (χ3n) is 3.67. The number of ether oxygens (including phenoxy) is 1. The van der Waals surface area contributed by atoms with Crippen molar-refractivity contribution in [3.8, 4) is 5.75 Å². The second-order valence-electron chi connectivity index (χ2n) is 5.14. The first-order valence-electron chi connectivity index (χ1n) is 6.96. The molecule has 0 aliphatic carbocycles. The molecule has 2 rings (SSSR count). The fourth-order valence-corrected chi connectivity index (χ4v) is 2.51. The lowest BCUT2D eigenvalue weighted by Gasteiger charge is -2.28. The normalized spacial score (nSPS) is 18.3. The summed E-state index contributed by atoms with van der Waals surface area (Å²) in [7, 11) is 1.65. The van der Waals surface area contributed by atoms with Crippen LogP contribution in [0.1, 0.15) is 23.7 Å². The van der Waals surface area contributed by atoms with Crippen molar-refractivity contribution in [2.45, 2.75) is 19.4 Å². The average molecular weight is 264 g/mol. The van der Waals surface area contributed by atoms with E-state index in [-0.39, 0.29) is 0 Å². The first kappa shape index (κ1) is 14.3. The van der Waals surface area contributed by atoms with Crippen molar-refractivity contribution in [2.24, 2.45) is 0 Å². The molecule has 0 radical (unpaired) electrons. The maximum atomic E-state index is 10.4. The number of benzene rings is 1. The molecular weight excluding hydrogens is 240 g/mol. The van der Waals surface area contributed by atoms with Gasteiger partial charge in [0.05, 0.1) is 13.2 Å². The predicted molar refractivity (Wildman–Crippen MR) is 76.6 cm³/mol. The highest BCUT2D eigenvalue weighted by Gasteiger charge is 2.16. The average Bonchev–Trinajstić information content (AvgIpc) is 2.46. The molecule has 0 saturated carbocycles. The highest BCUT2D eigenvalue weighted by atomic mass is 16.5. The summed E-state index contributed by atoms with van der Waals surface area (Å²) in [5.74, 6) is 0.776. The highest BCUT2D eigenvalue weighted by molar-refractivity contribution is 5.38. The molecule has 106 valence electrons. The van der Waals surface area contributed by atoms with Crippen LogP contribution in [-0.2, 0) is 0 Å². The van der Waals surface area contributed by atoms with Crippen LogP contribution in [-0.4, -0.2) is 49.8 Å². The Balaban J connectivity index is 1.94. The van der Waals surface area contributed by atoms with Gasteiger partial charge in [-0.1, -0.05) is 11.6 Å². The van der Waals surface area contributed by atoms with E-state index in [1.807, 2.05) is 25.1 Å². The first-order chi connectivity index (χ1) is 9.20. The molecule has 1 aliphatic rings. The molecule has 0 bridgehead atoms. The third-order valence-corrected chi connectivity index (χ3v) is 3.67. The van der Waals surface area contributed by atoms with Gasteiger partial charge in [0.15, 0.2) is 0 Å². The van der Waals surface area contributed by atoms with Crippen molar-refractivity contribution in [1.29, 1.82) is 0 Å². The van der Waals surface area contributed by atoms with E-state index < -0.39 is 6.10 Å². The van der Waals surface area contributed by atoms with Gasteiger partial charge in [-0.05, 0) is 25.5 Å². The highest BCUT2D eigenvalue weighted by Crippen LogP contribution is 2.28. The zero-order valence-electron chi connectivity index (χ0n) is 11.9. The summed E-state index contributed by atoms with van der Waals surface area (Å²) in [6.45, 7) is 7.19. The van der Waals surface area contributed by atoms with E-state index >= 15 is 0 Å². The Morgan fingerprint density at radius 2 is 2.11 bits per heavy atom. The molecule has 1 aromatic rings. The Labute approximate surface area is 115 Å². The monoisotopic (exact) mass is 264 g/mol. The Morgan fingerprint density at radius 3 is 2.79 bits per heavy atom. The predicted octanol–water partition coefficient (Wildman–Crippen LogP) is 1.33. The van der Waals surface area contributed by atoms with Crippen molar-refractivity contribution in [2.75, 3.05) is 39.8 Å². The fraction of sp³-hybridized carbons (Fsp3) is 0.600. The van der Waals surface area contributed by atoms with Crippen LogP contribution in [0.5, 0.6) is 5.75 Å². The van der Waals surface area contributed by atoms with Gasteiger partial charge in [0.1, 0.15) is 5.75 Å². The van der Waals surface area contributed by atoms with Gasteiger partial charge >= 0.3 is 0 Å². The summed E-state index contributed by atoms with van der Waals surface area (Å²) >= 11 is 0. The van der Waals surface area contributed by atoms with Crippen LogP contribution >= 0.6 is 0 Å². The van der Waals surface area contributed by atoms with E-state index in [2.05, 4.69) is 10.2 Å². The number of aryl methyl sites for hydroxylation is 1. The zero-order valence-corrected chi connectivity index (χ0v) is 11.9. The maximum absolute atomic E-state index is 10.4. The summed E-state index contributed by atoms with van der Waals surface area (Å²) in [6.07, 6.45) is 0.296. The Kier molecular flexibility index (Phi) is 5.19. The molecule has 4 heteroatoms. The van der Waals surface area contributed by atoms with Gasteiger partial charge in [-0.2, -0.15) is 0 Å². The van der Waals surface area contributed by atoms with E-state index in [4.69, 9.17) is 4.74 Å². The molecule has 1 aliphatic heterocycles. The fourth-order valence-electron chi connectivity index (χ4n) is 2.51. The summed E-state index contributed by atoms with van der Waals surface area (Å²) in [5.41, 5.74) is 2.05. The van der Waals surface area contributed by atoms with Crippen LogP contribution in [0.3, 0.4) is 0 Å². The molecule has 0 amide bonds. The largest absolute Gasteiger partial charge is 0.496 e. The van der Waals surface area contributed by atoms with E-state index in [1.165, 1.54) is 0 Å². The molecule has 4 nitrogen and oxygen atoms in total. The Hall–Kier alpha value is -1.10. The van der Waals surface area contributed by atoms with Crippen LogP contribution in [0.15, 0.2) is 18.2 Å². The van der Waals surface area contributed by atoms with Crippen molar-refractivity contribution in [3.05, 3.63) is 29.3 Å². The number of nitrogens with zero attached hydrogens (tertiary/aromatic N) is 1. The number of hydrogen-bond acceptors (Lipinski definition) is 4. The Morgan fingerprint density at radius 1 is 1.37 bits per heavy atom. The molecular formula is C15H24N2O2. The van der Waals surface area contributed by atoms with E-state index in [0.717, 1.165) is 56.0 Å². The second-order valence-corrected chi connectivity index (χ2v) is 5.14. The summed E-state index contributed by atoms with van der Waals surface area (Å²) in [5, 5.41) is 13.7. The van der Waals surface area contributed by atoms with E-state index in [0.29, 0.717) is 0 Å². The van der Waals surface area contributed by atoms with Crippen molar-refractivity contribution >= 4 is 0 Å². The minimum atomic E-state index is -0.454. The number of aliphatic hydroxyl groups excluding tert-OH is 1. The van der Waals surface area contributed by atoms with Crippen molar-refractivity contribution in [3.63, 3.8) is 0 Å². The lowest BCUT2D eigenvalue weighted by Crippen LogP contribution is -2.44. The van der Waals surface area contributed by atoms with Gasteiger partial charge in [0, 0.05) is 38.3 Å². The quantitative estimate of drug-likeness (QED) is 0.842. The molecule has 1 saturated heterocycles. The molecule has 1 heterocycles. The molecule has 0 aromatic heterocycles. The number of nitrogens with one attached hydrogen (secondary N) is 1. The van der Waals surface area contributed by atoms with Crippen LogP contribution in [0.25, 0.3) is 0 Å². The lowest BCUT2D eigenvalue weighted by molar-refractivity contribution is 0.134. The SMILES string of the molecule is COc1ccc(C)cc1C(O)CCN1CCNCC1. The van der Waals surface area contributed by atoms with Crippen LogP contribution in [0, 0.1) is 6.92 Å². The second kappa shape index (κ2) is 6.89. The van der Waals surface area contributed by atoms with Crippen molar-refractivity contribution < 1.29 is 9.84 Å². The molecule has 1 atom stereocenters. The van der Waals surface area contributed by atoms with Gasteiger partial charge in [0.25, 0.3) is 0 Å². The van der Waals surface area contributed by atoms with Gasteiger partial charge in [0.2, 0.25) is 0 Å². The number of piperazine rings is 1.